The van der Waals surface area contributed by atoms with Gasteiger partial charge in [0.2, 0.25) is 5.91 Å². The molecule has 24 heavy (non-hydrogen) atoms. The van der Waals surface area contributed by atoms with Crippen LogP contribution in [0.4, 0.5) is 0 Å². The van der Waals surface area contributed by atoms with E-state index in [9.17, 15) is 9.59 Å². The van der Waals surface area contributed by atoms with E-state index in [1.807, 2.05) is 21.9 Å². The molecule has 3 rings (SSSR count). The maximum Gasteiger partial charge on any atom is 0.263 e. The number of carbonyl (C=O) groups excluding carboxylic acids is 2. The van der Waals surface area contributed by atoms with E-state index in [1.165, 1.54) is 4.21 Å². The summed E-state index contributed by atoms with van der Waals surface area (Å²) in [5.74, 6) is 1.36. The monoisotopic (exact) mass is 366 g/mol. The van der Waals surface area contributed by atoms with Gasteiger partial charge < -0.3 is 9.80 Å². The van der Waals surface area contributed by atoms with Crippen LogP contribution in [-0.4, -0.2) is 53.0 Å². The number of thioether (sulfide) groups is 1. The number of hydrogen-bond donors (Lipinski definition) is 0. The molecule has 1 aromatic rings. The van der Waals surface area contributed by atoms with Crippen LogP contribution in [0.25, 0.3) is 0 Å². The molecule has 0 saturated carbocycles. The second-order valence-electron chi connectivity index (χ2n) is 7.00. The van der Waals surface area contributed by atoms with Crippen molar-refractivity contribution in [3.8, 4) is 0 Å². The van der Waals surface area contributed by atoms with Gasteiger partial charge in [-0.25, -0.2) is 0 Å². The van der Waals surface area contributed by atoms with Gasteiger partial charge in [0.05, 0.1) is 14.5 Å². The molecule has 132 valence electrons. The first-order chi connectivity index (χ1) is 11.5. The number of nitrogens with zero attached hydrogens (tertiary/aromatic N) is 2. The van der Waals surface area contributed by atoms with Gasteiger partial charge in [-0.2, -0.15) is 0 Å². The molecule has 2 fully saturated rings. The van der Waals surface area contributed by atoms with Crippen molar-refractivity contribution in [3.05, 3.63) is 17.0 Å². The number of thiophene rings is 1. The highest BCUT2D eigenvalue weighted by Crippen LogP contribution is 2.41. The van der Waals surface area contributed by atoms with Gasteiger partial charge in [0.1, 0.15) is 0 Å². The smallest absolute Gasteiger partial charge is 0.263 e. The van der Waals surface area contributed by atoms with Gasteiger partial charge in [0.15, 0.2) is 0 Å². The summed E-state index contributed by atoms with van der Waals surface area (Å²) in [7, 11) is 0. The molecule has 0 N–H and O–H groups in total. The SMILES string of the molecule is CCSc1ccc(C(=O)N2CCC3(CCCN(C(C)C)C3=O)C2)s1. The van der Waals surface area contributed by atoms with Crippen LogP contribution in [0.3, 0.4) is 0 Å². The Labute approximate surface area is 152 Å². The van der Waals surface area contributed by atoms with Crippen LogP contribution in [0.1, 0.15) is 49.7 Å². The van der Waals surface area contributed by atoms with E-state index in [0.29, 0.717) is 13.1 Å². The molecule has 2 aliphatic rings. The Morgan fingerprint density at radius 2 is 2.12 bits per heavy atom. The zero-order chi connectivity index (χ0) is 17.3. The molecule has 1 aromatic heterocycles. The van der Waals surface area contributed by atoms with Crippen LogP contribution in [-0.2, 0) is 4.79 Å². The van der Waals surface area contributed by atoms with E-state index >= 15 is 0 Å². The van der Waals surface area contributed by atoms with E-state index < -0.39 is 0 Å². The summed E-state index contributed by atoms with van der Waals surface area (Å²) in [5.41, 5.74) is -0.337. The second kappa shape index (κ2) is 7.08. The Kier molecular flexibility index (Phi) is 5.25. The highest BCUT2D eigenvalue weighted by molar-refractivity contribution is 8.01. The Bertz CT molecular complexity index is 628. The second-order valence-corrected chi connectivity index (χ2v) is 9.65. The molecule has 0 aromatic carbocycles. The van der Waals surface area contributed by atoms with Crippen LogP contribution < -0.4 is 0 Å². The van der Waals surface area contributed by atoms with Crippen molar-refractivity contribution in [1.82, 2.24) is 9.80 Å². The quantitative estimate of drug-likeness (QED) is 0.763. The number of piperidine rings is 1. The molecular formula is C18H26N2O2S2. The lowest BCUT2D eigenvalue weighted by Crippen LogP contribution is -2.52. The minimum atomic E-state index is -0.337. The molecule has 4 nitrogen and oxygen atoms in total. The fourth-order valence-electron chi connectivity index (χ4n) is 3.83. The van der Waals surface area contributed by atoms with Crippen molar-refractivity contribution in [1.29, 1.82) is 0 Å². The summed E-state index contributed by atoms with van der Waals surface area (Å²) >= 11 is 3.34. The standard InChI is InChI=1S/C18H26N2O2S2/c1-4-23-15-7-6-14(24-15)16(21)19-11-9-18(12-19)8-5-10-20(13(2)3)17(18)22/h6-7,13H,4-5,8-12H2,1-3H3. The number of hydrogen-bond acceptors (Lipinski definition) is 4. The topological polar surface area (TPSA) is 40.6 Å². The minimum absolute atomic E-state index is 0.0919. The molecule has 0 radical (unpaired) electrons. The Hall–Kier alpha value is -1.01. The summed E-state index contributed by atoms with van der Waals surface area (Å²) in [6.45, 7) is 8.41. The third-order valence-electron chi connectivity index (χ3n) is 5.11. The fourth-order valence-corrected chi connectivity index (χ4v) is 5.84. The van der Waals surface area contributed by atoms with E-state index in [2.05, 4.69) is 20.8 Å². The molecule has 1 atom stereocenters. The Morgan fingerprint density at radius 3 is 2.83 bits per heavy atom. The van der Waals surface area contributed by atoms with Crippen molar-refractivity contribution in [2.24, 2.45) is 5.41 Å². The third-order valence-corrected chi connectivity index (χ3v) is 7.29. The predicted molar refractivity (Wildman–Crippen MR) is 99.8 cm³/mol. The summed E-state index contributed by atoms with van der Waals surface area (Å²) in [5, 5.41) is 0. The molecule has 2 amide bonds. The lowest BCUT2D eigenvalue weighted by molar-refractivity contribution is -0.147. The molecule has 2 saturated heterocycles. The van der Waals surface area contributed by atoms with Crippen LogP contribution in [0.5, 0.6) is 0 Å². The van der Waals surface area contributed by atoms with Gasteiger partial charge in [-0.3, -0.25) is 9.59 Å². The molecule has 1 unspecified atom stereocenters. The molecule has 0 aliphatic carbocycles. The first kappa shape index (κ1) is 17.8. The predicted octanol–water partition coefficient (Wildman–Crippen LogP) is 3.72. The summed E-state index contributed by atoms with van der Waals surface area (Å²) in [6.07, 6.45) is 2.77. The highest BCUT2D eigenvalue weighted by atomic mass is 32.2. The van der Waals surface area contributed by atoms with Crippen molar-refractivity contribution in [3.63, 3.8) is 0 Å². The summed E-state index contributed by atoms with van der Waals surface area (Å²) in [6, 6.07) is 4.20. The molecule has 2 aliphatic heterocycles. The zero-order valence-electron chi connectivity index (χ0n) is 14.7. The lowest BCUT2D eigenvalue weighted by atomic mass is 9.78. The van der Waals surface area contributed by atoms with Crippen molar-refractivity contribution in [2.75, 3.05) is 25.4 Å². The van der Waals surface area contributed by atoms with Gasteiger partial charge in [-0.05, 0) is 51.0 Å². The number of rotatable bonds is 4. The van der Waals surface area contributed by atoms with Crippen LogP contribution in [0.2, 0.25) is 0 Å². The maximum absolute atomic E-state index is 13.0. The molecule has 0 bridgehead atoms. The zero-order valence-corrected chi connectivity index (χ0v) is 16.3. The largest absolute Gasteiger partial charge is 0.340 e. The number of likely N-dealkylation sites (tertiary alicyclic amines) is 2. The van der Waals surface area contributed by atoms with Crippen molar-refractivity contribution in [2.45, 2.75) is 50.3 Å². The van der Waals surface area contributed by atoms with Gasteiger partial charge >= 0.3 is 0 Å². The van der Waals surface area contributed by atoms with Crippen LogP contribution in [0.15, 0.2) is 16.3 Å². The van der Waals surface area contributed by atoms with E-state index in [1.54, 1.807) is 23.1 Å². The fraction of sp³-hybridized carbons (Fsp3) is 0.667. The third kappa shape index (κ3) is 3.23. The summed E-state index contributed by atoms with van der Waals surface area (Å²) < 4.78 is 1.19. The Balaban J connectivity index is 1.72. The summed E-state index contributed by atoms with van der Waals surface area (Å²) in [4.78, 5) is 30.5. The number of carbonyl (C=O) groups is 2. The molecule has 3 heterocycles. The van der Waals surface area contributed by atoms with Gasteiger partial charge in [-0.15, -0.1) is 23.1 Å². The lowest BCUT2D eigenvalue weighted by Gasteiger charge is -2.41. The molecular weight excluding hydrogens is 340 g/mol. The highest BCUT2D eigenvalue weighted by Gasteiger charge is 2.49. The maximum atomic E-state index is 13.0. The average molecular weight is 367 g/mol. The first-order valence-corrected chi connectivity index (χ1v) is 10.6. The van der Waals surface area contributed by atoms with Gasteiger partial charge in [0, 0.05) is 25.7 Å². The van der Waals surface area contributed by atoms with Crippen LogP contribution >= 0.6 is 23.1 Å². The van der Waals surface area contributed by atoms with Crippen molar-refractivity contribution >= 4 is 34.9 Å². The molecule has 6 heteroatoms. The number of amides is 2. The van der Waals surface area contributed by atoms with E-state index in [0.717, 1.165) is 36.4 Å². The van der Waals surface area contributed by atoms with E-state index in [4.69, 9.17) is 0 Å². The van der Waals surface area contributed by atoms with Gasteiger partial charge in [0.25, 0.3) is 5.91 Å². The first-order valence-electron chi connectivity index (χ1n) is 8.80. The Morgan fingerprint density at radius 1 is 1.33 bits per heavy atom. The van der Waals surface area contributed by atoms with Gasteiger partial charge in [-0.1, -0.05) is 6.92 Å². The van der Waals surface area contributed by atoms with Crippen molar-refractivity contribution < 1.29 is 9.59 Å². The minimum Gasteiger partial charge on any atom is -0.340 e. The van der Waals surface area contributed by atoms with E-state index in [-0.39, 0.29) is 23.3 Å². The van der Waals surface area contributed by atoms with Crippen LogP contribution in [0, 0.1) is 5.41 Å². The normalized spacial score (nSPS) is 24.4. The average Bonchev–Trinajstić information content (AvgIpc) is 3.18. The molecule has 1 spiro atoms.